The van der Waals surface area contributed by atoms with E-state index in [2.05, 4.69) is 31.4 Å². The molecule has 0 heterocycles. The summed E-state index contributed by atoms with van der Waals surface area (Å²) in [6.45, 7) is 6.73. The van der Waals surface area contributed by atoms with Crippen LogP contribution >= 0.6 is 0 Å². The minimum absolute atomic E-state index is 0.235. The van der Waals surface area contributed by atoms with Gasteiger partial charge in [-0.05, 0) is 14.0 Å². The molecule has 0 aromatic rings. The van der Waals surface area contributed by atoms with E-state index >= 15 is 0 Å². The van der Waals surface area contributed by atoms with Crippen LogP contribution in [0.15, 0.2) is 0 Å². The van der Waals surface area contributed by atoms with Crippen LogP contribution < -0.4 is 5.32 Å². The first kappa shape index (κ1) is 14.8. The SMILES string of the molecule is CC(O)CN(C)CCNCC[N+](C)(C)C. The first-order valence-electron chi connectivity index (χ1n) is 5.69. The van der Waals surface area contributed by atoms with Crippen LogP contribution in [0, 0.1) is 0 Å². The number of nitrogens with one attached hydrogen (secondary N) is 1. The average Bonchev–Trinajstić information content (AvgIpc) is 1.99. The Morgan fingerprint density at radius 3 is 2.33 bits per heavy atom. The Kier molecular flexibility index (Phi) is 7.09. The topological polar surface area (TPSA) is 35.5 Å². The molecule has 4 nitrogen and oxygen atoms in total. The first-order chi connectivity index (χ1) is 6.81. The molecule has 0 aromatic heterocycles. The smallest absolute Gasteiger partial charge is 0.0907 e. The van der Waals surface area contributed by atoms with Crippen LogP contribution in [0.2, 0.25) is 0 Å². The van der Waals surface area contributed by atoms with E-state index in [1.54, 1.807) is 0 Å². The molecule has 0 radical (unpaired) electrons. The molecule has 2 N–H and O–H groups in total. The molecule has 0 saturated carbocycles. The molecule has 0 spiro atoms. The van der Waals surface area contributed by atoms with Crippen molar-refractivity contribution in [2.75, 3.05) is 60.9 Å². The third kappa shape index (κ3) is 11.8. The Morgan fingerprint density at radius 1 is 1.27 bits per heavy atom. The van der Waals surface area contributed by atoms with Gasteiger partial charge in [-0.25, -0.2) is 0 Å². The summed E-state index contributed by atoms with van der Waals surface area (Å²) in [4.78, 5) is 2.14. The Labute approximate surface area is 94.5 Å². The molecule has 0 aliphatic carbocycles. The molecule has 0 fully saturated rings. The summed E-state index contributed by atoms with van der Waals surface area (Å²) in [5.74, 6) is 0. The highest BCUT2D eigenvalue weighted by Crippen LogP contribution is 1.88. The second-order valence-electron chi connectivity index (χ2n) is 5.38. The van der Waals surface area contributed by atoms with Crippen LogP contribution in [0.1, 0.15) is 6.92 Å². The van der Waals surface area contributed by atoms with Crippen molar-refractivity contribution in [3.8, 4) is 0 Å². The van der Waals surface area contributed by atoms with E-state index in [1.165, 1.54) is 0 Å². The Bertz CT molecular complexity index is 154. The maximum absolute atomic E-state index is 9.17. The van der Waals surface area contributed by atoms with Crippen molar-refractivity contribution < 1.29 is 9.59 Å². The van der Waals surface area contributed by atoms with Crippen molar-refractivity contribution in [1.82, 2.24) is 10.2 Å². The van der Waals surface area contributed by atoms with E-state index in [9.17, 15) is 0 Å². The summed E-state index contributed by atoms with van der Waals surface area (Å²) in [5.41, 5.74) is 0. The van der Waals surface area contributed by atoms with Gasteiger partial charge in [-0.1, -0.05) is 0 Å². The average molecular weight is 218 g/mol. The fraction of sp³-hybridized carbons (Fsp3) is 1.00. The van der Waals surface area contributed by atoms with Crippen LogP contribution in [-0.4, -0.2) is 81.5 Å². The van der Waals surface area contributed by atoms with Gasteiger partial charge in [-0.15, -0.1) is 0 Å². The Balaban J connectivity index is 3.31. The van der Waals surface area contributed by atoms with E-state index in [0.29, 0.717) is 0 Å². The van der Waals surface area contributed by atoms with E-state index in [-0.39, 0.29) is 6.10 Å². The zero-order valence-corrected chi connectivity index (χ0v) is 11.0. The summed E-state index contributed by atoms with van der Waals surface area (Å²) < 4.78 is 0.997. The monoisotopic (exact) mass is 218 g/mol. The molecule has 0 bridgehead atoms. The van der Waals surface area contributed by atoms with Crippen molar-refractivity contribution >= 4 is 0 Å². The summed E-state index contributed by atoms with van der Waals surface area (Å²) >= 11 is 0. The molecular formula is C11H28N3O+. The van der Waals surface area contributed by atoms with Crippen LogP contribution in [-0.2, 0) is 0 Å². The van der Waals surface area contributed by atoms with Crippen molar-refractivity contribution in [2.45, 2.75) is 13.0 Å². The summed E-state index contributed by atoms with van der Waals surface area (Å²) in [5, 5.41) is 12.6. The number of aliphatic hydroxyl groups is 1. The quantitative estimate of drug-likeness (QED) is 0.430. The van der Waals surface area contributed by atoms with Gasteiger partial charge in [-0.3, -0.25) is 0 Å². The minimum atomic E-state index is -0.235. The maximum atomic E-state index is 9.17. The van der Waals surface area contributed by atoms with Crippen molar-refractivity contribution in [3.05, 3.63) is 0 Å². The number of hydrogen-bond donors (Lipinski definition) is 2. The summed E-state index contributed by atoms with van der Waals surface area (Å²) in [7, 11) is 8.62. The highest BCUT2D eigenvalue weighted by molar-refractivity contribution is 4.58. The lowest BCUT2D eigenvalue weighted by Crippen LogP contribution is -2.42. The third-order valence-corrected chi connectivity index (χ3v) is 2.21. The van der Waals surface area contributed by atoms with Gasteiger partial charge in [-0.2, -0.15) is 0 Å². The molecule has 4 heteroatoms. The number of nitrogens with zero attached hydrogens (tertiary/aromatic N) is 2. The lowest BCUT2D eigenvalue weighted by atomic mass is 10.4. The van der Waals surface area contributed by atoms with Gasteiger partial charge in [0.05, 0.1) is 33.8 Å². The van der Waals surface area contributed by atoms with E-state index < -0.39 is 0 Å². The molecule has 1 atom stereocenters. The fourth-order valence-corrected chi connectivity index (χ4v) is 1.35. The summed E-state index contributed by atoms with van der Waals surface area (Å²) in [6, 6.07) is 0. The zero-order chi connectivity index (χ0) is 11.9. The lowest BCUT2D eigenvalue weighted by Gasteiger charge is -2.24. The standard InChI is InChI=1S/C11H28N3O/c1-11(15)10-13(2)8-6-12-7-9-14(3,4)5/h11-12,15H,6-10H2,1-5H3/q+1. The normalized spacial score (nSPS) is 14.6. The minimum Gasteiger partial charge on any atom is -0.392 e. The molecule has 92 valence electrons. The second kappa shape index (κ2) is 7.17. The molecular weight excluding hydrogens is 190 g/mol. The molecule has 0 saturated heterocycles. The molecule has 15 heavy (non-hydrogen) atoms. The highest BCUT2D eigenvalue weighted by Gasteiger charge is 2.05. The second-order valence-corrected chi connectivity index (χ2v) is 5.38. The lowest BCUT2D eigenvalue weighted by molar-refractivity contribution is -0.869. The number of aliphatic hydroxyl groups excluding tert-OH is 1. The van der Waals surface area contributed by atoms with Gasteiger partial charge >= 0.3 is 0 Å². The first-order valence-corrected chi connectivity index (χ1v) is 5.69. The van der Waals surface area contributed by atoms with Gasteiger partial charge in [0.2, 0.25) is 0 Å². The third-order valence-electron chi connectivity index (χ3n) is 2.21. The fourth-order valence-electron chi connectivity index (χ4n) is 1.35. The molecule has 0 aliphatic heterocycles. The van der Waals surface area contributed by atoms with Gasteiger partial charge in [0.1, 0.15) is 0 Å². The highest BCUT2D eigenvalue weighted by atomic mass is 16.3. The van der Waals surface area contributed by atoms with Crippen LogP contribution in [0.5, 0.6) is 0 Å². The van der Waals surface area contributed by atoms with E-state index in [0.717, 1.165) is 37.2 Å². The van der Waals surface area contributed by atoms with Gasteiger partial charge in [0, 0.05) is 26.2 Å². The number of hydrogen-bond acceptors (Lipinski definition) is 3. The van der Waals surface area contributed by atoms with Gasteiger partial charge in [0.25, 0.3) is 0 Å². The van der Waals surface area contributed by atoms with Gasteiger partial charge < -0.3 is 19.8 Å². The van der Waals surface area contributed by atoms with Crippen molar-refractivity contribution in [2.24, 2.45) is 0 Å². The zero-order valence-electron chi connectivity index (χ0n) is 11.0. The molecule has 0 aromatic carbocycles. The molecule has 1 unspecified atom stereocenters. The van der Waals surface area contributed by atoms with Crippen LogP contribution in [0.4, 0.5) is 0 Å². The van der Waals surface area contributed by atoms with Gasteiger partial charge in [0.15, 0.2) is 0 Å². The Hall–Kier alpha value is -0.160. The number of rotatable bonds is 8. The largest absolute Gasteiger partial charge is 0.392 e. The predicted molar refractivity (Wildman–Crippen MR) is 64.9 cm³/mol. The molecule has 0 aliphatic rings. The summed E-state index contributed by atoms with van der Waals surface area (Å²) in [6.07, 6.45) is -0.235. The number of quaternary nitrogens is 1. The predicted octanol–water partition coefficient (Wildman–Crippen LogP) is -0.405. The van der Waals surface area contributed by atoms with E-state index in [1.807, 2.05) is 14.0 Å². The Morgan fingerprint density at radius 2 is 1.87 bits per heavy atom. The van der Waals surface area contributed by atoms with Crippen LogP contribution in [0.25, 0.3) is 0 Å². The number of likely N-dealkylation sites (N-methyl/N-ethyl adjacent to an activating group) is 2. The van der Waals surface area contributed by atoms with Crippen LogP contribution in [0.3, 0.4) is 0 Å². The van der Waals surface area contributed by atoms with Crippen molar-refractivity contribution in [1.29, 1.82) is 0 Å². The van der Waals surface area contributed by atoms with E-state index in [4.69, 9.17) is 5.11 Å². The van der Waals surface area contributed by atoms with Crippen molar-refractivity contribution in [3.63, 3.8) is 0 Å². The maximum Gasteiger partial charge on any atom is 0.0907 e. The molecule has 0 rings (SSSR count). The molecule has 0 amide bonds.